The molecular formula is C20H23ClN2O4S. The summed E-state index contributed by atoms with van der Waals surface area (Å²) in [5.74, 6) is -0.367. The third-order valence-electron chi connectivity index (χ3n) is 4.67. The van der Waals surface area contributed by atoms with E-state index in [4.69, 9.17) is 16.3 Å². The predicted molar refractivity (Wildman–Crippen MR) is 110 cm³/mol. The van der Waals surface area contributed by atoms with Crippen LogP contribution in [0.25, 0.3) is 0 Å². The van der Waals surface area contributed by atoms with Gasteiger partial charge < -0.3 is 9.64 Å². The summed E-state index contributed by atoms with van der Waals surface area (Å²) in [4.78, 5) is 14.6. The van der Waals surface area contributed by atoms with Crippen LogP contribution < -0.4 is 4.90 Å². The smallest absolute Gasteiger partial charge is 0.259 e. The van der Waals surface area contributed by atoms with Crippen molar-refractivity contribution in [3.63, 3.8) is 0 Å². The minimum atomic E-state index is -3.71. The van der Waals surface area contributed by atoms with Gasteiger partial charge in [0.1, 0.15) is 0 Å². The minimum absolute atomic E-state index is 0.0518. The number of benzene rings is 2. The molecule has 0 unspecified atom stereocenters. The highest BCUT2D eigenvalue weighted by atomic mass is 35.5. The molecule has 0 aromatic heterocycles. The first-order chi connectivity index (χ1) is 13.2. The van der Waals surface area contributed by atoms with E-state index >= 15 is 0 Å². The molecule has 2 aromatic carbocycles. The maximum absolute atomic E-state index is 13.1. The van der Waals surface area contributed by atoms with Gasteiger partial charge in [-0.2, -0.15) is 4.31 Å². The van der Waals surface area contributed by atoms with Crippen molar-refractivity contribution >= 4 is 33.2 Å². The Balaban J connectivity index is 1.95. The number of hydrogen-bond acceptors (Lipinski definition) is 4. The van der Waals surface area contributed by atoms with Crippen molar-refractivity contribution in [3.05, 3.63) is 58.1 Å². The third-order valence-corrected chi connectivity index (χ3v) is 6.90. The lowest BCUT2D eigenvalue weighted by Crippen LogP contribution is -2.40. The molecule has 0 radical (unpaired) electrons. The van der Waals surface area contributed by atoms with E-state index in [0.717, 1.165) is 16.8 Å². The van der Waals surface area contributed by atoms with Crippen molar-refractivity contribution in [2.75, 3.05) is 38.3 Å². The zero-order chi connectivity index (χ0) is 20.5. The van der Waals surface area contributed by atoms with Gasteiger partial charge in [0.2, 0.25) is 10.0 Å². The average molecular weight is 423 g/mol. The molecular weight excluding hydrogens is 400 g/mol. The molecule has 1 aliphatic rings. The van der Waals surface area contributed by atoms with Crippen LogP contribution in [-0.4, -0.2) is 52.0 Å². The average Bonchev–Trinajstić information content (AvgIpc) is 2.67. The Labute approximate surface area is 170 Å². The summed E-state index contributed by atoms with van der Waals surface area (Å²) in [6, 6.07) is 10.1. The van der Waals surface area contributed by atoms with E-state index in [1.165, 1.54) is 27.4 Å². The Morgan fingerprint density at radius 1 is 1.07 bits per heavy atom. The molecule has 6 nitrogen and oxygen atoms in total. The van der Waals surface area contributed by atoms with Crippen molar-refractivity contribution in [1.82, 2.24) is 4.31 Å². The van der Waals surface area contributed by atoms with Gasteiger partial charge in [-0.25, -0.2) is 8.42 Å². The van der Waals surface area contributed by atoms with Crippen molar-refractivity contribution in [3.8, 4) is 0 Å². The molecule has 1 saturated heterocycles. The fourth-order valence-electron chi connectivity index (χ4n) is 3.21. The van der Waals surface area contributed by atoms with Gasteiger partial charge >= 0.3 is 0 Å². The molecule has 1 amide bonds. The van der Waals surface area contributed by atoms with Crippen LogP contribution in [0.15, 0.2) is 41.3 Å². The fourth-order valence-corrected chi connectivity index (χ4v) is 4.84. The van der Waals surface area contributed by atoms with Crippen LogP contribution in [0.2, 0.25) is 5.02 Å². The lowest BCUT2D eigenvalue weighted by Gasteiger charge is -2.26. The molecule has 0 saturated carbocycles. The second kappa shape index (κ2) is 8.21. The monoisotopic (exact) mass is 422 g/mol. The molecule has 8 heteroatoms. The molecule has 1 heterocycles. The number of nitrogens with zero attached hydrogens (tertiary/aromatic N) is 2. The molecule has 0 spiro atoms. The molecule has 150 valence electrons. The fraction of sp³-hybridized carbons (Fsp3) is 0.350. The number of carbonyl (C=O) groups excluding carboxylic acids is 1. The molecule has 3 rings (SSSR count). The molecule has 28 heavy (non-hydrogen) atoms. The van der Waals surface area contributed by atoms with Crippen molar-refractivity contribution in [2.45, 2.75) is 18.7 Å². The van der Waals surface area contributed by atoms with Gasteiger partial charge in [-0.3, -0.25) is 4.79 Å². The van der Waals surface area contributed by atoms with Crippen LogP contribution in [0.3, 0.4) is 0 Å². The maximum Gasteiger partial charge on any atom is 0.259 e. The molecule has 0 aliphatic carbocycles. The largest absolute Gasteiger partial charge is 0.379 e. The Hall–Kier alpha value is -1.93. The van der Waals surface area contributed by atoms with Crippen LogP contribution in [0.5, 0.6) is 0 Å². The molecule has 1 fully saturated rings. The summed E-state index contributed by atoms with van der Waals surface area (Å²) in [5.41, 5.74) is 2.94. The van der Waals surface area contributed by atoms with Gasteiger partial charge in [0, 0.05) is 25.8 Å². The first kappa shape index (κ1) is 20.8. The first-order valence-corrected chi connectivity index (χ1v) is 10.8. The number of anilines is 1. The highest BCUT2D eigenvalue weighted by Gasteiger charge is 2.28. The maximum atomic E-state index is 13.1. The first-order valence-electron chi connectivity index (χ1n) is 8.94. The molecule has 0 atom stereocenters. The van der Waals surface area contributed by atoms with Crippen LogP contribution in [0.4, 0.5) is 5.69 Å². The SMILES string of the molecule is Cc1cc(C)cc(N(C)C(=O)c2cc(S(=O)(=O)N3CCOCC3)ccc2Cl)c1. The number of hydrogen-bond donors (Lipinski definition) is 0. The van der Waals surface area contributed by atoms with Crippen LogP contribution in [0, 0.1) is 13.8 Å². The van der Waals surface area contributed by atoms with Gasteiger partial charge in [-0.1, -0.05) is 17.7 Å². The number of rotatable bonds is 4. The number of halogens is 1. The number of carbonyl (C=O) groups is 1. The normalized spacial score (nSPS) is 15.4. The second-order valence-electron chi connectivity index (χ2n) is 6.87. The summed E-state index contributed by atoms with van der Waals surface area (Å²) >= 11 is 6.25. The number of ether oxygens (including phenoxy) is 1. The summed E-state index contributed by atoms with van der Waals surface area (Å²) in [6.45, 7) is 5.20. The highest BCUT2D eigenvalue weighted by molar-refractivity contribution is 7.89. The van der Waals surface area contributed by atoms with Crippen LogP contribution in [0.1, 0.15) is 21.5 Å². The number of morpholine rings is 1. The number of sulfonamides is 1. The Morgan fingerprint density at radius 2 is 1.68 bits per heavy atom. The second-order valence-corrected chi connectivity index (χ2v) is 9.21. The van der Waals surface area contributed by atoms with Gasteiger partial charge in [-0.05, 0) is 55.3 Å². The Kier molecular flexibility index (Phi) is 6.09. The third kappa shape index (κ3) is 4.22. The van der Waals surface area contributed by atoms with E-state index in [-0.39, 0.29) is 34.5 Å². The topological polar surface area (TPSA) is 66.9 Å². The summed E-state index contributed by atoms with van der Waals surface area (Å²) < 4.78 is 32.4. The van der Waals surface area contributed by atoms with E-state index in [9.17, 15) is 13.2 Å². The Morgan fingerprint density at radius 3 is 2.29 bits per heavy atom. The summed E-state index contributed by atoms with van der Waals surface area (Å²) in [6.07, 6.45) is 0. The zero-order valence-corrected chi connectivity index (χ0v) is 17.7. The van der Waals surface area contributed by atoms with Crippen molar-refractivity contribution < 1.29 is 17.9 Å². The van der Waals surface area contributed by atoms with E-state index in [2.05, 4.69) is 0 Å². The molecule has 1 aliphatic heterocycles. The Bertz CT molecular complexity index is 981. The molecule has 0 bridgehead atoms. The number of aryl methyl sites for hydroxylation is 2. The van der Waals surface area contributed by atoms with E-state index in [0.29, 0.717) is 13.2 Å². The standard InChI is InChI=1S/C20H23ClN2O4S/c1-14-10-15(2)12-16(11-14)22(3)20(24)18-13-17(4-5-19(18)21)28(25,26)23-6-8-27-9-7-23/h4-5,10-13H,6-9H2,1-3H3. The van der Waals surface area contributed by atoms with Crippen LogP contribution >= 0.6 is 11.6 Å². The zero-order valence-electron chi connectivity index (χ0n) is 16.1. The molecule has 2 aromatic rings. The lowest BCUT2D eigenvalue weighted by atomic mass is 10.1. The van der Waals surface area contributed by atoms with E-state index < -0.39 is 10.0 Å². The van der Waals surface area contributed by atoms with E-state index in [1.54, 1.807) is 7.05 Å². The van der Waals surface area contributed by atoms with Gasteiger partial charge in [0.15, 0.2) is 0 Å². The van der Waals surface area contributed by atoms with Gasteiger partial charge in [0.25, 0.3) is 5.91 Å². The molecule has 0 N–H and O–H groups in total. The van der Waals surface area contributed by atoms with Crippen LogP contribution in [-0.2, 0) is 14.8 Å². The van der Waals surface area contributed by atoms with Crippen molar-refractivity contribution in [2.24, 2.45) is 0 Å². The van der Waals surface area contributed by atoms with Gasteiger partial charge in [0.05, 0.1) is 28.7 Å². The van der Waals surface area contributed by atoms with E-state index in [1.807, 2.05) is 32.0 Å². The predicted octanol–water partition coefficient (Wildman–Crippen LogP) is 3.25. The van der Waals surface area contributed by atoms with Crippen molar-refractivity contribution in [1.29, 1.82) is 0 Å². The summed E-state index contributed by atoms with van der Waals surface area (Å²) in [5, 5.41) is 0.210. The summed E-state index contributed by atoms with van der Waals surface area (Å²) in [7, 11) is -2.07. The number of amides is 1. The van der Waals surface area contributed by atoms with Gasteiger partial charge in [-0.15, -0.1) is 0 Å². The quantitative estimate of drug-likeness (QED) is 0.758. The minimum Gasteiger partial charge on any atom is -0.379 e. The highest BCUT2D eigenvalue weighted by Crippen LogP contribution is 2.27. The lowest BCUT2D eigenvalue weighted by molar-refractivity contribution is 0.0730.